The number of carbonyl (C=O) groups excluding carboxylic acids is 2. The Morgan fingerprint density at radius 1 is 0.760 bits per heavy atom. The average molecular weight is 343 g/mol. The molecule has 0 saturated carbocycles. The van der Waals surface area contributed by atoms with Gasteiger partial charge in [0.25, 0.3) is 0 Å². The highest BCUT2D eigenvalue weighted by Gasteiger charge is 2.42. The molecule has 0 aromatic heterocycles. The summed E-state index contributed by atoms with van der Waals surface area (Å²) in [5.74, 6) is -0.0431. The Hall–Kier alpha value is -2.04. The Labute approximate surface area is 150 Å². The van der Waals surface area contributed by atoms with Crippen LogP contribution in [0.1, 0.15) is 33.1 Å². The van der Waals surface area contributed by atoms with Gasteiger partial charge in [-0.05, 0) is 45.2 Å². The van der Waals surface area contributed by atoms with Gasteiger partial charge < -0.3 is 14.7 Å². The van der Waals surface area contributed by atoms with Crippen LogP contribution in [0.2, 0.25) is 0 Å². The van der Waals surface area contributed by atoms with Crippen molar-refractivity contribution in [2.45, 2.75) is 33.1 Å². The highest BCUT2D eigenvalue weighted by molar-refractivity contribution is 6.04. The molecule has 2 amide bonds. The van der Waals surface area contributed by atoms with E-state index in [0.29, 0.717) is 13.1 Å². The molecule has 2 fully saturated rings. The van der Waals surface area contributed by atoms with Crippen molar-refractivity contribution in [3.8, 4) is 0 Å². The SMILES string of the molecule is CC(C)(C(=O)N1CCCCC1)C(=O)N1CCN(c2ccccc2)CC1. The number of para-hydroxylation sites is 1. The van der Waals surface area contributed by atoms with Gasteiger partial charge in [-0.25, -0.2) is 0 Å². The minimum Gasteiger partial charge on any atom is -0.368 e. The van der Waals surface area contributed by atoms with Crippen molar-refractivity contribution < 1.29 is 9.59 Å². The minimum absolute atomic E-state index is 0.0114. The average Bonchev–Trinajstić information content (AvgIpc) is 2.68. The summed E-state index contributed by atoms with van der Waals surface area (Å²) in [6.07, 6.45) is 3.27. The Balaban J connectivity index is 1.60. The molecule has 0 unspecified atom stereocenters. The molecule has 25 heavy (non-hydrogen) atoms. The van der Waals surface area contributed by atoms with Crippen molar-refractivity contribution in [2.75, 3.05) is 44.2 Å². The molecule has 0 spiro atoms. The van der Waals surface area contributed by atoms with Gasteiger partial charge in [0, 0.05) is 45.0 Å². The van der Waals surface area contributed by atoms with E-state index in [9.17, 15) is 9.59 Å². The molecule has 2 aliphatic rings. The highest BCUT2D eigenvalue weighted by atomic mass is 16.2. The molecule has 1 aromatic carbocycles. The molecule has 3 rings (SSSR count). The fourth-order valence-corrected chi connectivity index (χ4v) is 3.79. The summed E-state index contributed by atoms with van der Waals surface area (Å²) in [6.45, 7) is 8.11. The molecular weight excluding hydrogens is 314 g/mol. The van der Waals surface area contributed by atoms with E-state index in [1.54, 1.807) is 13.8 Å². The van der Waals surface area contributed by atoms with Crippen LogP contribution in [0.3, 0.4) is 0 Å². The summed E-state index contributed by atoms with van der Waals surface area (Å²) < 4.78 is 0. The summed E-state index contributed by atoms with van der Waals surface area (Å²) >= 11 is 0. The molecule has 5 nitrogen and oxygen atoms in total. The van der Waals surface area contributed by atoms with E-state index >= 15 is 0 Å². The number of piperidine rings is 1. The van der Waals surface area contributed by atoms with Gasteiger partial charge in [0.05, 0.1) is 0 Å². The Bertz CT molecular complexity index is 601. The van der Waals surface area contributed by atoms with E-state index in [4.69, 9.17) is 0 Å². The van der Waals surface area contributed by atoms with E-state index in [-0.39, 0.29) is 11.8 Å². The van der Waals surface area contributed by atoms with Gasteiger partial charge in [0.1, 0.15) is 5.41 Å². The molecule has 2 aliphatic heterocycles. The summed E-state index contributed by atoms with van der Waals surface area (Å²) in [4.78, 5) is 31.9. The minimum atomic E-state index is -0.966. The van der Waals surface area contributed by atoms with Crippen LogP contribution in [-0.4, -0.2) is 60.9 Å². The van der Waals surface area contributed by atoms with Crippen LogP contribution in [0.15, 0.2) is 30.3 Å². The third-order valence-electron chi connectivity index (χ3n) is 5.40. The molecule has 0 bridgehead atoms. The third-order valence-corrected chi connectivity index (χ3v) is 5.40. The summed E-state index contributed by atoms with van der Waals surface area (Å²) in [5, 5.41) is 0. The smallest absolute Gasteiger partial charge is 0.237 e. The molecule has 0 radical (unpaired) electrons. The van der Waals surface area contributed by atoms with Gasteiger partial charge in [-0.2, -0.15) is 0 Å². The van der Waals surface area contributed by atoms with Crippen LogP contribution in [0.25, 0.3) is 0 Å². The van der Waals surface area contributed by atoms with Gasteiger partial charge in [0.15, 0.2) is 0 Å². The summed E-state index contributed by atoms with van der Waals surface area (Å²) in [7, 11) is 0. The van der Waals surface area contributed by atoms with Gasteiger partial charge >= 0.3 is 0 Å². The first kappa shape index (κ1) is 17.8. The van der Waals surface area contributed by atoms with Crippen LogP contribution < -0.4 is 4.90 Å². The number of likely N-dealkylation sites (tertiary alicyclic amines) is 1. The number of carbonyl (C=O) groups is 2. The molecule has 2 saturated heterocycles. The number of piperazine rings is 1. The van der Waals surface area contributed by atoms with Gasteiger partial charge in [-0.3, -0.25) is 9.59 Å². The molecule has 136 valence electrons. The van der Waals surface area contributed by atoms with Crippen molar-refractivity contribution in [2.24, 2.45) is 5.41 Å². The number of hydrogen-bond donors (Lipinski definition) is 0. The second-order valence-electron chi connectivity index (χ2n) is 7.59. The first-order chi connectivity index (χ1) is 12.0. The lowest BCUT2D eigenvalue weighted by Crippen LogP contribution is -2.56. The maximum absolute atomic E-state index is 13.0. The zero-order valence-electron chi connectivity index (χ0n) is 15.4. The Morgan fingerprint density at radius 3 is 1.84 bits per heavy atom. The van der Waals surface area contributed by atoms with Crippen molar-refractivity contribution in [3.05, 3.63) is 30.3 Å². The van der Waals surface area contributed by atoms with Gasteiger partial charge in [0.2, 0.25) is 11.8 Å². The summed E-state index contributed by atoms with van der Waals surface area (Å²) in [6, 6.07) is 10.3. The van der Waals surface area contributed by atoms with Crippen LogP contribution in [0.4, 0.5) is 5.69 Å². The van der Waals surface area contributed by atoms with E-state index in [0.717, 1.165) is 39.0 Å². The fourth-order valence-electron chi connectivity index (χ4n) is 3.79. The predicted octanol–water partition coefficient (Wildman–Crippen LogP) is 2.37. The number of hydrogen-bond acceptors (Lipinski definition) is 3. The standard InChI is InChI=1S/C20H29N3O2/c1-20(2,18(24)22-11-7-4-8-12-22)19(25)23-15-13-21(14-16-23)17-9-5-3-6-10-17/h3,5-6,9-10H,4,7-8,11-16H2,1-2H3. The quantitative estimate of drug-likeness (QED) is 0.792. The molecule has 5 heteroatoms. The van der Waals surface area contributed by atoms with Crippen molar-refractivity contribution in [1.29, 1.82) is 0 Å². The fraction of sp³-hybridized carbons (Fsp3) is 0.600. The molecule has 0 atom stereocenters. The first-order valence-electron chi connectivity index (χ1n) is 9.39. The van der Waals surface area contributed by atoms with E-state index in [1.807, 2.05) is 28.0 Å². The second kappa shape index (κ2) is 7.46. The first-order valence-corrected chi connectivity index (χ1v) is 9.39. The van der Waals surface area contributed by atoms with Crippen LogP contribution in [0.5, 0.6) is 0 Å². The maximum Gasteiger partial charge on any atom is 0.237 e. The molecule has 2 heterocycles. The van der Waals surface area contributed by atoms with E-state index in [2.05, 4.69) is 17.0 Å². The lowest BCUT2D eigenvalue weighted by Gasteiger charge is -2.40. The summed E-state index contributed by atoms with van der Waals surface area (Å²) in [5.41, 5.74) is 0.227. The zero-order chi connectivity index (χ0) is 17.9. The molecule has 0 N–H and O–H groups in total. The molecule has 0 aliphatic carbocycles. The zero-order valence-corrected chi connectivity index (χ0v) is 15.4. The van der Waals surface area contributed by atoms with Gasteiger partial charge in [-0.15, -0.1) is 0 Å². The Morgan fingerprint density at radius 2 is 1.28 bits per heavy atom. The number of nitrogens with zero attached hydrogens (tertiary/aromatic N) is 3. The number of benzene rings is 1. The monoisotopic (exact) mass is 343 g/mol. The van der Waals surface area contributed by atoms with Crippen molar-refractivity contribution in [3.63, 3.8) is 0 Å². The largest absolute Gasteiger partial charge is 0.368 e. The molecular formula is C20H29N3O2. The topological polar surface area (TPSA) is 43.9 Å². The number of anilines is 1. The van der Waals surface area contributed by atoms with Crippen LogP contribution in [0, 0.1) is 5.41 Å². The van der Waals surface area contributed by atoms with Gasteiger partial charge in [-0.1, -0.05) is 18.2 Å². The van der Waals surface area contributed by atoms with E-state index in [1.165, 1.54) is 12.1 Å². The number of amides is 2. The molecule has 1 aromatic rings. The second-order valence-corrected chi connectivity index (χ2v) is 7.59. The maximum atomic E-state index is 13.0. The normalized spacial score (nSPS) is 19.0. The van der Waals surface area contributed by atoms with Crippen molar-refractivity contribution >= 4 is 17.5 Å². The highest BCUT2D eigenvalue weighted by Crippen LogP contribution is 2.26. The number of rotatable bonds is 3. The van der Waals surface area contributed by atoms with E-state index < -0.39 is 5.41 Å². The Kier molecular flexibility index (Phi) is 5.30. The van der Waals surface area contributed by atoms with Crippen LogP contribution in [-0.2, 0) is 9.59 Å². The predicted molar refractivity (Wildman–Crippen MR) is 99.4 cm³/mol. The lowest BCUT2D eigenvalue weighted by atomic mass is 9.88. The third kappa shape index (κ3) is 3.80. The lowest BCUT2D eigenvalue weighted by molar-refractivity contribution is -0.154. The van der Waals surface area contributed by atoms with Crippen LogP contribution >= 0.6 is 0 Å². The van der Waals surface area contributed by atoms with Crippen molar-refractivity contribution in [1.82, 2.24) is 9.80 Å².